The molecule has 0 bridgehead atoms. The molecule has 3 aromatic rings. The molecule has 1 unspecified atom stereocenters. The third-order valence-electron chi connectivity index (χ3n) is 3.29. The summed E-state index contributed by atoms with van der Waals surface area (Å²) in [6, 6.07) is 8.24. The van der Waals surface area contributed by atoms with E-state index in [-0.39, 0.29) is 6.04 Å². The highest BCUT2D eigenvalue weighted by molar-refractivity contribution is 5.75. The SMILES string of the molecule is CC(NCc1nc2ccccc2n1C)c1ncn[nH]1. The van der Waals surface area contributed by atoms with Gasteiger partial charge in [0.05, 0.1) is 23.6 Å². The summed E-state index contributed by atoms with van der Waals surface area (Å²) in [6.07, 6.45) is 1.52. The Kier molecular flexibility index (Phi) is 3.00. The number of hydrogen-bond acceptors (Lipinski definition) is 4. The number of aromatic amines is 1. The molecule has 0 aliphatic heterocycles. The monoisotopic (exact) mass is 256 g/mol. The number of hydrogen-bond donors (Lipinski definition) is 2. The molecule has 2 aromatic heterocycles. The third kappa shape index (κ3) is 2.22. The summed E-state index contributed by atoms with van der Waals surface area (Å²) in [4.78, 5) is 8.76. The number of nitrogens with zero attached hydrogens (tertiary/aromatic N) is 4. The molecule has 0 saturated carbocycles. The molecule has 1 aromatic carbocycles. The summed E-state index contributed by atoms with van der Waals surface area (Å²) >= 11 is 0. The summed E-state index contributed by atoms with van der Waals surface area (Å²) in [6.45, 7) is 2.73. The first-order chi connectivity index (χ1) is 9.25. The molecule has 0 radical (unpaired) electrons. The van der Waals surface area contributed by atoms with Crippen LogP contribution in [-0.4, -0.2) is 24.7 Å². The van der Waals surface area contributed by atoms with E-state index >= 15 is 0 Å². The fourth-order valence-electron chi connectivity index (χ4n) is 2.12. The molecule has 0 amide bonds. The van der Waals surface area contributed by atoms with E-state index in [0.29, 0.717) is 6.54 Å². The molecule has 98 valence electrons. The summed E-state index contributed by atoms with van der Waals surface area (Å²) in [7, 11) is 2.03. The average molecular weight is 256 g/mol. The van der Waals surface area contributed by atoms with Crippen molar-refractivity contribution in [1.29, 1.82) is 0 Å². The van der Waals surface area contributed by atoms with Gasteiger partial charge in [-0.3, -0.25) is 5.10 Å². The van der Waals surface area contributed by atoms with E-state index in [1.54, 1.807) is 0 Å². The van der Waals surface area contributed by atoms with Gasteiger partial charge in [0.1, 0.15) is 18.0 Å². The number of H-pyrrole nitrogens is 1. The Hall–Kier alpha value is -2.21. The lowest BCUT2D eigenvalue weighted by atomic mass is 10.3. The van der Waals surface area contributed by atoms with Gasteiger partial charge < -0.3 is 9.88 Å². The molecular weight excluding hydrogens is 240 g/mol. The molecule has 0 fully saturated rings. The zero-order valence-corrected chi connectivity index (χ0v) is 11.0. The van der Waals surface area contributed by atoms with Gasteiger partial charge in [-0.25, -0.2) is 9.97 Å². The van der Waals surface area contributed by atoms with Gasteiger partial charge in [0.25, 0.3) is 0 Å². The van der Waals surface area contributed by atoms with Crippen LogP contribution in [0.15, 0.2) is 30.6 Å². The highest BCUT2D eigenvalue weighted by Crippen LogP contribution is 2.14. The summed E-state index contributed by atoms with van der Waals surface area (Å²) < 4.78 is 2.11. The fourth-order valence-corrected chi connectivity index (χ4v) is 2.12. The minimum absolute atomic E-state index is 0.113. The van der Waals surface area contributed by atoms with Crippen molar-refractivity contribution < 1.29 is 0 Å². The maximum Gasteiger partial charge on any atom is 0.141 e. The van der Waals surface area contributed by atoms with Gasteiger partial charge in [-0.15, -0.1) is 0 Å². The van der Waals surface area contributed by atoms with Crippen LogP contribution in [0.2, 0.25) is 0 Å². The van der Waals surface area contributed by atoms with Gasteiger partial charge in [0.15, 0.2) is 0 Å². The van der Waals surface area contributed by atoms with Crippen molar-refractivity contribution >= 4 is 11.0 Å². The molecule has 0 aliphatic carbocycles. The number of aryl methyl sites for hydroxylation is 1. The van der Waals surface area contributed by atoms with Crippen molar-refractivity contribution in [2.24, 2.45) is 7.05 Å². The molecule has 3 rings (SSSR count). The van der Waals surface area contributed by atoms with E-state index in [9.17, 15) is 0 Å². The molecule has 6 nitrogen and oxygen atoms in total. The van der Waals surface area contributed by atoms with Gasteiger partial charge in [-0.1, -0.05) is 12.1 Å². The van der Waals surface area contributed by atoms with E-state index in [4.69, 9.17) is 0 Å². The Bertz CT molecular complexity index is 670. The molecule has 2 heterocycles. The molecule has 1 atom stereocenters. The fraction of sp³-hybridized carbons (Fsp3) is 0.308. The summed E-state index contributed by atoms with van der Waals surface area (Å²) in [5, 5.41) is 10.1. The highest BCUT2D eigenvalue weighted by atomic mass is 15.2. The quantitative estimate of drug-likeness (QED) is 0.743. The van der Waals surface area contributed by atoms with E-state index in [2.05, 4.69) is 36.1 Å². The maximum atomic E-state index is 4.62. The average Bonchev–Trinajstić information content (AvgIpc) is 3.05. The molecular formula is C13H16N6. The van der Waals surface area contributed by atoms with Crippen molar-refractivity contribution in [2.45, 2.75) is 19.5 Å². The largest absolute Gasteiger partial charge is 0.330 e. The van der Waals surface area contributed by atoms with Crippen LogP contribution in [-0.2, 0) is 13.6 Å². The van der Waals surface area contributed by atoms with Crippen LogP contribution in [0, 0.1) is 0 Å². The molecule has 0 saturated heterocycles. The predicted molar refractivity (Wildman–Crippen MR) is 72.4 cm³/mol. The van der Waals surface area contributed by atoms with Gasteiger partial charge in [-0.05, 0) is 19.1 Å². The topological polar surface area (TPSA) is 71.4 Å². The lowest BCUT2D eigenvalue weighted by Gasteiger charge is -2.10. The first kappa shape index (κ1) is 11.9. The van der Waals surface area contributed by atoms with Crippen LogP contribution in [0.1, 0.15) is 24.6 Å². The Morgan fingerprint density at radius 1 is 1.37 bits per heavy atom. The van der Waals surface area contributed by atoms with Crippen molar-refractivity contribution in [3.63, 3.8) is 0 Å². The van der Waals surface area contributed by atoms with Crippen LogP contribution < -0.4 is 5.32 Å². The second kappa shape index (κ2) is 4.81. The van der Waals surface area contributed by atoms with E-state index < -0.39 is 0 Å². The van der Waals surface area contributed by atoms with Crippen molar-refractivity contribution in [3.05, 3.63) is 42.2 Å². The first-order valence-corrected chi connectivity index (χ1v) is 6.24. The molecule has 0 aliphatic rings. The zero-order chi connectivity index (χ0) is 13.2. The zero-order valence-electron chi connectivity index (χ0n) is 11.0. The van der Waals surface area contributed by atoms with Crippen LogP contribution in [0.5, 0.6) is 0 Å². The normalized spacial score (nSPS) is 12.9. The van der Waals surface area contributed by atoms with Crippen LogP contribution in [0.4, 0.5) is 0 Å². The van der Waals surface area contributed by atoms with Gasteiger partial charge in [-0.2, -0.15) is 5.10 Å². The van der Waals surface area contributed by atoms with Gasteiger partial charge >= 0.3 is 0 Å². The Balaban J connectivity index is 1.77. The maximum absolute atomic E-state index is 4.62. The van der Waals surface area contributed by atoms with Crippen molar-refractivity contribution in [3.8, 4) is 0 Å². The van der Waals surface area contributed by atoms with Crippen LogP contribution in [0.25, 0.3) is 11.0 Å². The number of imidazole rings is 1. The standard InChI is InChI=1S/C13H16N6/c1-9(13-15-8-16-18-13)14-7-12-17-10-5-3-4-6-11(10)19(12)2/h3-6,8-9,14H,7H2,1-2H3,(H,15,16,18). The predicted octanol–water partition coefficient (Wildman–Crippen LogP) is 1.54. The van der Waals surface area contributed by atoms with Crippen LogP contribution in [0.3, 0.4) is 0 Å². The minimum Gasteiger partial charge on any atom is -0.330 e. The second-order valence-corrected chi connectivity index (χ2v) is 4.55. The lowest BCUT2D eigenvalue weighted by Crippen LogP contribution is -2.21. The molecule has 2 N–H and O–H groups in total. The highest BCUT2D eigenvalue weighted by Gasteiger charge is 2.11. The molecule has 0 spiro atoms. The second-order valence-electron chi connectivity index (χ2n) is 4.55. The van der Waals surface area contributed by atoms with Crippen LogP contribution >= 0.6 is 0 Å². The van der Waals surface area contributed by atoms with Gasteiger partial charge in [0, 0.05) is 7.05 Å². The Labute approximate surface area is 110 Å². The summed E-state index contributed by atoms with van der Waals surface area (Å²) in [5.74, 6) is 1.84. The minimum atomic E-state index is 0.113. The van der Waals surface area contributed by atoms with E-state index in [1.165, 1.54) is 6.33 Å². The van der Waals surface area contributed by atoms with Gasteiger partial charge in [0.2, 0.25) is 0 Å². The van der Waals surface area contributed by atoms with Crippen molar-refractivity contribution in [2.75, 3.05) is 0 Å². The molecule has 6 heteroatoms. The number of fused-ring (bicyclic) bond motifs is 1. The van der Waals surface area contributed by atoms with E-state index in [1.807, 2.05) is 32.2 Å². The lowest BCUT2D eigenvalue weighted by molar-refractivity contribution is 0.529. The summed E-state index contributed by atoms with van der Waals surface area (Å²) in [5.41, 5.74) is 2.17. The number of benzene rings is 1. The first-order valence-electron chi connectivity index (χ1n) is 6.24. The number of para-hydroxylation sites is 2. The Morgan fingerprint density at radius 2 is 2.21 bits per heavy atom. The number of aromatic nitrogens is 5. The molecule has 19 heavy (non-hydrogen) atoms. The van der Waals surface area contributed by atoms with E-state index in [0.717, 1.165) is 22.7 Å². The Morgan fingerprint density at radius 3 is 2.95 bits per heavy atom. The number of rotatable bonds is 4. The van der Waals surface area contributed by atoms with Crippen molar-refractivity contribution in [1.82, 2.24) is 30.0 Å². The smallest absolute Gasteiger partial charge is 0.141 e. The third-order valence-corrected chi connectivity index (χ3v) is 3.29. The number of nitrogens with one attached hydrogen (secondary N) is 2.